The number of carbonyl (C=O) groups excluding carboxylic acids is 1. The minimum Gasteiger partial charge on any atom is -0.434 e. The summed E-state index contributed by atoms with van der Waals surface area (Å²) in [4.78, 5) is 10.8. The number of rotatable bonds is 0. The predicted octanol–water partition coefficient (Wildman–Crippen LogP) is 1.76. The van der Waals surface area contributed by atoms with E-state index in [1.54, 1.807) is 6.07 Å². The van der Waals surface area contributed by atoms with Crippen molar-refractivity contribution in [3.63, 3.8) is 0 Å². The van der Waals surface area contributed by atoms with Crippen LogP contribution < -0.4 is 4.74 Å². The molecule has 1 aliphatic rings. The number of carbonyl (C=O) groups is 1. The summed E-state index contributed by atoms with van der Waals surface area (Å²) >= 11 is 0. The Morgan fingerprint density at radius 2 is 2.08 bits per heavy atom. The van der Waals surface area contributed by atoms with Crippen molar-refractivity contribution in [3.8, 4) is 5.75 Å². The van der Waals surface area contributed by atoms with E-state index in [0.29, 0.717) is 12.4 Å². The highest BCUT2D eigenvalue weighted by molar-refractivity contribution is 5.65. The Hall–Kier alpha value is -1.51. The van der Waals surface area contributed by atoms with Crippen LogP contribution in [0.15, 0.2) is 24.3 Å². The van der Waals surface area contributed by atoms with Crippen LogP contribution in [0.5, 0.6) is 5.75 Å². The summed E-state index contributed by atoms with van der Waals surface area (Å²) in [7, 11) is 0. The molecule has 0 unspecified atom stereocenters. The van der Waals surface area contributed by atoms with Crippen LogP contribution in [-0.2, 0) is 11.2 Å². The van der Waals surface area contributed by atoms with Crippen LogP contribution in [-0.4, -0.2) is 12.8 Å². The SMILES string of the molecule is O=C1OCCc2ccccc2O1. The molecule has 1 heterocycles. The van der Waals surface area contributed by atoms with Crippen LogP contribution in [0.3, 0.4) is 0 Å². The molecule has 1 aliphatic heterocycles. The van der Waals surface area contributed by atoms with Gasteiger partial charge in [-0.3, -0.25) is 0 Å². The minimum absolute atomic E-state index is 0.399. The van der Waals surface area contributed by atoms with Gasteiger partial charge in [-0.2, -0.15) is 0 Å². The third-order valence-corrected chi connectivity index (χ3v) is 1.76. The molecule has 2 rings (SSSR count). The molecule has 0 saturated heterocycles. The standard InChI is InChI=1S/C9H8O3/c10-9-11-6-5-7-3-1-2-4-8(7)12-9/h1-4H,5-6H2. The fourth-order valence-corrected chi connectivity index (χ4v) is 1.17. The lowest BCUT2D eigenvalue weighted by atomic mass is 10.1. The monoisotopic (exact) mass is 164 g/mol. The molecule has 1 aromatic carbocycles. The first-order valence-corrected chi connectivity index (χ1v) is 3.79. The highest BCUT2D eigenvalue weighted by Gasteiger charge is 2.14. The van der Waals surface area contributed by atoms with Crippen molar-refractivity contribution in [2.75, 3.05) is 6.61 Å². The number of hydrogen-bond donors (Lipinski definition) is 0. The van der Waals surface area contributed by atoms with Gasteiger partial charge in [0.05, 0.1) is 6.61 Å². The second-order valence-corrected chi connectivity index (χ2v) is 2.56. The van der Waals surface area contributed by atoms with Gasteiger partial charge in [0.1, 0.15) is 5.75 Å². The number of ether oxygens (including phenoxy) is 2. The van der Waals surface area contributed by atoms with E-state index in [9.17, 15) is 4.79 Å². The molecule has 0 aromatic heterocycles. The fourth-order valence-electron chi connectivity index (χ4n) is 1.17. The molecule has 0 atom stereocenters. The number of benzene rings is 1. The first kappa shape index (κ1) is 7.16. The van der Waals surface area contributed by atoms with E-state index in [0.717, 1.165) is 12.0 Å². The van der Waals surface area contributed by atoms with Crippen molar-refractivity contribution < 1.29 is 14.3 Å². The van der Waals surface area contributed by atoms with E-state index >= 15 is 0 Å². The largest absolute Gasteiger partial charge is 0.513 e. The van der Waals surface area contributed by atoms with Crippen molar-refractivity contribution in [2.24, 2.45) is 0 Å². The van der Waals surface area contributed by atoms with Gasteiger partial charge in [-0.25, -0.2) is 4.79 Å². The summed E-state index contributed by atoms with van der Waals surface area (Å²) in [5.41, 5.74) is 1.02. The maximum atomic E-state index is 10.8. The lowest BCUT2D eigenvalue weighted by Crippen LogP contribution is -2.08. The molecule has 1 aromatic rings. The van der Waals surface area contributed by atoms with Crippen LogP contribution in [0.2, 0.25) is 0 Å². The maximum absolute atomic E-state index is 10.8. The fraction of sp³-hybridized carbons (Fsp3) is 0.222. The molecule has 0 bridgehead atoms. The summed E-state index contributed by atoms with van der Waals surface area (Å²) in [6.07, 6.45) is 0.113. The summed E-state index contributed by atoms with van der Waals surface area (Å²) in [6, 6.07) is 7.44. The topological polar surface area (TPSA) is 35.5 Å². The Morgan fingerprint density at radius 1 is 1.25 bits per heavy atom. The van der Waals surface area contributed by atoms with Crippen LogP contribution >= 0.6 is 0 Å². The average Bonchev–Trinajstić information content (AvgIpc) is 2.25. The van der Waals surface area contributed by atoms with E-state index in [4.69, 9.17) is 9.47 Å². The van der Waals surface area contributed by atoms with Gasteiger partial charge in [-0.05, 0) is 11.6 Å². The predicted molar refractivity (Wildman–Crippen MR) is 42.1 cm³/mol. The first-order valence-electron chi connectivity index (χ1n) is 3.79. The average molecular weight is 164 g/mol. The molecule has 3 nitrogen and oxygen atoms in total. The van der Waals surface area contributed by atoms with Crippen molar-refractivity contribution in [2.45, 2.75) is 6.42 Å². The van der Waals surface area contributed by atoms with Gasteiger partial charge in [-0.15, -0.1) is 0 Å². The smallest absolute Gasteiger partial charge is 0.434 e. The quantitative estimate of drug-likeness (QED) is 0.433. The van der Waals surface area contributed by atoms with E-state index in [-0.39, 0.29) is 0 Å². The molecule has 12 heavy (non-hydrogen) atoms. The Morgan fingerprint density at radius 3 is 3.00 bits per heavy atom. The maximum Gasteiger partial charge on any atom is 0.513 e. The molecule has 0 saturated carbocycles. The second kappa shape index (κ2) is 2.85. The van der Waals surface area contributed by atoms with Crippen LogP contribution in [0.4, 0.5) is 4.79 Å². The van der Waals surface area contributed by atoms with Crippen molar-refractivity contribution in [1.82, 2.24) is 0 Å². The Labute approximate surface area is 69.9 Å². The zero-order valence-corrected chi connectivity index (χ0v) is 6.45. The molecular formula is C9H8O3. The summed E-state index contributed by atoms with van der Waals surface area (Å²) in [6.45, 7) is 0.399. The molecular weight excluding hydrogens is 156 g/mol. The van der Waals surface area contributed by atoms with Gasteiger partial charge < -0.3 is 9.47 Å². The summed E-state index contributed by atoms with van der Waals surface area (Å²) in [5.74, 6) is 0.611. The normalized spacial score (nSPS) is 15.5. The zero-order valence-electron chi connectivity index (χ0n) is 6.45. The number of cyclic esters (lactones) is 1. The lowest BCUT2D eigenvalue weighted by Gasteiger charge is -2.00. The van der Waals surface area contributed by atoms with E-state index in [1.807, 2.05) is 18.2 Å². The molecule has 0 aliphatic carbocycles. The second-order valence-electron chi connectivity index (χ2n) is 2.56. The summed E-state index contributed by atoms with van der Waals surface area (Å²) < 4.78 is 9.62. The van der Waals surface area contributed by atoms with Crippen LogP contribution in [0.1, 0.15) is 5.56 Å². The molecule has 3 heteroatoms. The minimum atomic E-state index is -0.611. The Bertz CT molecular complexity index is 306. The number of para-hydroxylation sites is 1. The van der Waals surface area contributed by atoms with Gasteiger partial charge in [0.25, 0.3) is 0 Å². The third kappa shape index (κ3) is 1.25. The van der Waals surface area contributed by atoms with Crippen molar-refractivity contribution in [3.05, 3.63) is 29.8 Å². The summed E-state index contributed by atoms with van der Waals surface area (Å²) in [5, 5.41) is 0. The molecule has 0 radical (unpaired) electrons. The van der Waals surface area contributed by atoms with Gasteiger partial charge >= 0.3 is 6.16 Å². The third-order valence-electron chi connectivity index (χ3n) is 1.76. The van der Waals surface area contributed by atoms with E-state index in [1.165, 1.54) is 0 Å². The number of hydrogen-bond acceptors (Lipinski definition) is 3. The highest BCUT2D eigenvalue weighted by Crippen LogP contribution is 2.21. The van der Waals surface area contributed by atoms with Crippen LogP contribution in [0.25, 0.3) is 0 Å². The highest BCUT2D eigenvalue weighted by atomic mass is 16.7. The zero-order chi connectivity index (χ0) is 8.39. The van der Waals surface area contributed by atoms with Gasteiger partial charge in [0.15, 0.2) is 0 Å². The first-order chi connectivity index (χ1) is 5.86. The Kier molecular flexibility index (Phi) is 1.70. The van der Waals surface area contributed by atoms with E-state index in [2.05, 4.69) is 0 Å². The van der Waals surface area contributed by atoms with Crippen LogP contribution in [0, 0.1) is 0 Å². The van der Waals surface area contributed by atoms with E-state index < -0.39 is 6.16 Å². The molecule has 0 N–H and O–H groups in total. The molecule has 0 spiro atoms. The van der Waals surface area contributed by atoms with Gasteiger partial charge in [0.2, 0.25) is 0 Å². The lowest BCUT2D eigenvalue weighted by molar-refractivity contribution is 0.106. The van der Waals surface area contributed by atoms with Gasteiger partial charge in [-0.1, -0.05) is 18.2 Å². The molecule has 62 valence electrons. The Balaban J connectivity index is 2.37. The molecule has 0 amide bonds. The van der Waals surface area contributed by atoms with Gasteiger partial charge in [0, 0.05) is 6.42 Å². The van der Waals surface area contributed by atoms with Crippen molar-refractivity contribution in [1.29, 1.82) is 0 Å². The number of fused-ring (bicyclic) bond motifs is 1. The molecule has 0 fully saturated rings. The van der Waals surface area contributed by atoms with Crippen molar-refractivity contribution >= 4 is 6.16 Å².